The van der Waals surface area contributed by atoms with Gasteiger partial charge in [-0.1, -0.05) is 72.3 Å². The molecule has 0 unspecified atom stereocenters. The minimum atomic E-state index is -0.407. The van der Waals surface area contributed by atoms with Crippen LogP contribution in [0, 0.1) is 0 Å². The van der Waals surface area contributed by atoms with E-state index in [1.165, 1.54) is 15.2 Å². The fourth-order valence-corrected chi connectivity index (χ4v) is 2.64. The molecule has 116 valence electrons. The van der Waals surface area contributed by atoms with E-state index in [4.69, 9.17) is 11.6 Å². The molecule has 3 rings (SSSR count). The van der Waals surface area contributed by atoms with Crippen molar-refractivity contribution in [2.24, 2.45) is 0 Å². The summed E-state index contributed by atoms with van der Waals surface area (Å²) in [6.07, 6.45) is 0. The van der Waals surface area contributed by atoms with Crippen molar-refractivity contribution >= 4 is 11.6 Å². The van der Waals surface area contributed by atoms with E-state index in [2.05, 4.69) is 0 Å². The molecule has 0 radical (unpaired) electrons. The molecule has 0 bridgehead atoms. The second-order valence-electron chi connectivity index (χ2n) is 5.23. The van der Waals surface area contributed by atoms with Gasteiger partial charge in [-0.2, -0.15) is 0 Å². The molecule has 0 amide bonds. The molecule has 2 aromatic carbocycles. The molecule has 0 aliphatic carbocycles. The van der Waals surface area contributed by atoms with Crippen LogP contribution in [-0.2, 0) is 13.1 Å². The van der Waals surface area contributed by atoms with Gasteiger partial charge in [0, 0.05) is 6.07 Å². The average molecular weight is 327 g/mol. The fourth-order valence-electron chi connectivity index (χ4n) is 2.41. The van der Waals surface area contributed by atoms with Crippen LogP contribution in [0.15, 0.2) is 76.3 Å². The molecule has 0 spiro atoms. The molecule has 0 N–H and O–H groups in total. The Morgan fingerprint density at radius 2 is 1.22 bits per heavy atom. The van der Waals surface area contributed by atoms with Crippen LogP contribution < -0.4 is 11.2 Å². The number of benzene rings is 2. The molecule has 4 nitrogen and oxygen atoms in total. The van der Waals surface area contributed by atoms with Crippen molar-refractivity contribution in [1.82, 2.24) is 9.13 Å². The topological polar surface area (TPSA) is 44.0 Å². The van der Waals surface area contributed by atoms with Crippen LogP contribution in [0.1, 0.15) is 11.1 Å². The Morgan fingerprint density at radius 1 is 0.739 bits per heavy atom. The predicted molar refractivity (Wildman–Crippen MR) is 91.1 cm³/mol. The largest absolute Gasteiger partial charge is 0.332 e. The van der Waals surface area contributed by atoms with Crippen LogP contribution in [0.2, 0.25) is 5.15 Å². The minimum Gasteiger partial charge on any atom is -0.279 e. The summed E-state index contributed by atoms with van der Waals surface area (Å²) in [6.45, 7) is 0.554. The Kier molecular flexibility index (Phi) is 4.44. The maximum atomic E-state index is 12.7. The molecule has 0 atom stereocenters. The van der Waals surface area contributed by atoms with Crippen molar-refractivity contribution in [3.63, 3.8) is 0 Å². The van der Waals surface area contributed by atoms with Gasteiger partial charge in [0.25, 0.3) is 5.56 Å². The zero-order chi connectivity index (χ0) is 16.2. The number of aromatic nitrogens is 2. The van der Waals surface area contributed by atoms with Crippen LogP contribution in [0.5, 0.6) is 0 Å². The third kappa shape index (κ3) is 3.43. The standard InChI is InChI=1S/C18H15ClN2O2/c19-16-11-17(22)21(13-15-9-5-2-6-10-15)18(23)20(16)12-14-7-3-1-4-8-14/h1-11H,12-13H2. The molecule has 0 aliphatic rings. The van der Waals surface area contributed by atoms with Gasteiger partial charge < -0.3 is 0 Å². The normalized spacial score (nSPS) is 10.7. The number of halogens is 1. The van der Waals surface area contributed by atoms with Gasteiger partial charge in [0.05, 0.1) is 13.1 Å². The van der Waals surface area contributed by atoms with Crippen molar-refractivity contribution < 1.29 is 0 Å². The lowest BCUT2D eigenvalue weighted by Crippen LogP contribution is -2.40. The van der Waals surface area contributed by atoms with E-state index >= 15 is 0 Å². The monoisotopic (exact) mass is 326 g/mol. The van der Waals surface area contributed by atoms with E-state index in [1.54, 1.807) is 0 Å². The average Bonchev–Trinajstić information content (AvgIpc) is 2.57. The summed E-state index contributed by atoms with van der Waals surface area (Å²) in [4.78, 5) is 24.8. The van der Waals surface area contributed by atoms with E-state index in [1.807, 2.05) is 60.7 Å². The highest BCUT2D eigenvalue weighted by molar-refractivity contribution is 6.29. The Balaban J connectivity index is 2.03. The van der Waals surface area contributed by atoms with E-state index in [0.29, 0.717) is 6.54 Å². The SMILES string of the molecule is O=c1cc(Cl)n(Cc2ccccc2)c(=O)n1Cc1ccccc1. The lowest BCUT2D eigenvalue weighted by Gasteiger charge is -2.12. The maximum absolute atomic E-state index is 12.7. The molecule has 1 aromatic heterocycles. The third-order valence-electron chi connectivity index (χ3n) is 3.60. The molecule has 0 fully saturated rings. The molecular formula is C18H15ClN2O2. The Hall–Kier alpha value is -2.59. The van der Waals surface area contributed by atoms with Crippen LogP contribution in [0.25, 0.3) is 0 Å². The van der Waals surface area contributed by atoms with Crippen molar-refractivity contribution in [3.05, 3.63) is 104 Å². The van der Waals surface area contributed by atoms with Gasteiger partial charge in [-0.25, -0.2) is 4.79 Å². The number of hydrogen-bond acceptors (Lipinski definition) is 2. The van der Waals surface area contributed by atoms with Gasteiger partial charge in [-0.3, -0.25) is 13.9 Å². The van der Waals surface area contributed by atoms with Gasteiger partial charge in [0.2, 0.25) is 0 Å². The fraction of sp³-hybridized carbons (Fsp3) is 0.111. The molecule has 5 heteroatoms. The second-order valence-corrected chi connectivity index (χ2v) is 5.62. The highest BCUT2D eigenvalue weighted by atomic mass is 35.5. The molecule has 3 aromatic rings. The Morgan fingerprint density at radius 3 is 1.74 bits per heavy atom. The van der Waals surface area contributed by atoms with Gasteiger partial charge >= 0.3 is 5.69 Å². The number of hydrogen-bond donors (Lipinski definition) is 0. The van der Waals surface area contributed by atoms with E-state index in [9.17, 15) is 9.59 Å². The van der Waals surface area contributed by atoms with Crippen molar-refractivity contribution in [2.45, 2.75) is 13.1 Å². The second kappa shape index (κ2) is 6.67. The first-order valence-corrected chi connectivity index (χ1v) is 7.61. The maximum Gasteiger partial charge on any atom is 0.332 e. The molecular weight excluding hydrogens is 312 g/mol. The van der Waals surface area contributed by atoms with Gasteiger partial charge in [-0.05, 0) is 11.1 Å². The summed E-state index contributed by atoms with van der Waals surface area (Å²) in [5.74, 6) is 0. The first-order valence-electron chi connectivity index (χ1n) is 7.23. The van der Waals surface area contributed by atoms with Crippen molar-refractivity contribution in [1.29, 1.82) is 0 Å². The van der Waals surface area contributed by atoms with Crippen LogP contribution in [0.4, 0.5) is 0 Å². The van der Waals surface area contributed by atoms with Gasteiger partial charge in [-0.15, -0.1) is 0 Å². The summed E-state index contributed by atoms with van der Waals surface area (Å²) in [5, 5.41) is 0.146. The number of nitrogens with zero attached hydrogens (tertiary/aromatic N) is 2. The van der Waals surface area contributed by atoms with Crippen LogP contribution >= 0.6 is 11.6 Å². The summed E-state index contributed by atoms with van der Waals surface area (Å²) in [5.41, 5.74) is 1.03. The lowest BCUT2D eigenvalue weighted by atomic mass is 10.2. The quantitative estimate of drug-likeness (QED) is 0.692. The lowest BCUT2D eigenvalue weighted by molar-refractivity contribution is 0.613. The highest BCUT2D eigenvalue weighted by Gasteiger charge is 2.11. The minimum absolute atomic E-state index is 0.146. The van der Waals surface area contributed by atoms with Crippen LogP contribution in [-0.4, -0.2) is 9.13 Å². The zero-order valence-corrected chi connectivity index (χ0v) is 13.1. The summed E-state index contributed by atoms with van der Waals surface area (Å²) in [6, 6.07) is 20.2. The number of rotatable bonds is 4. The Labute approximate surface area is 138 Å². The van der Waals surface area contributed by atoms with E-state index in [-0.39, 0.29) is 11.7 Å². The summed E-state index contributed by atoms with van der Waals surface area (Å²) >= 11 is 6.11. The predicted octanol–water partition coefficient (Wildman–Crippen LogP) is 2.76. The van der Waals surface area contributed by atoms with Crippen molar-refractivity contribution in [2.75, 3.05) is 0 Å². The first-order chi connectivity index (χ1) is 11.1. The molecule has 23 heavy (non-hydrogen) atoms. The van der Waals surface area contributed by atoms with E-state index in [0.717, 1.165) is 11.1 Å². The van der Waals surface area contributed by atoms with Crippen LogP contribution in [0.3, 0.4) is 0 Å². The molecule has 0 aliphatic heterocycles. The zero-order valence-electron chi connectivity index (χ0n) is 12.4. The first kappa shape index (κ1) is 15.3. The molecule has 0 saturated carbocycles. The van der Waals surface area contributed by atoms with Crippen molar-refractivity contribution in [3.8, 4) is 0 Å². The van der Waals surface area contributed by atoms with Gasteiger partial charge in [0.15, 0.2) is 0 Å². The van der Waals surface area contributed by atoms with E-state index < -0.39 is 11.2 Å². The summed E-state index contributed by atoms with van der Waals surface area (Å²) in [7, 11) is 0. The highest BCUT2D eigenvalue weighted by Crippen LogP contribution is 2.07. The molecule has 0 saturated heterocycles. The summed E-state index contributed by atoms with van der Waals surface area (Å²) < 4.78 is 2.60. The molecule has 1 heterocycles. The smallest absolute Gasteiger partial charge is 0.279 e. The third-order valence-corrected chi connectivity index (χ3v) is 3.91. The van der Waals surface area contributed by atoms with Gasteiger partial charge in [0.1, 0.15) is 5.15 Å². The Bertz CT molecular complexity index is 915.